The normalized spacial score (nSPS) is 11.2. The van der Waals surface area contributed by atoms with Gasteiger partial charge in [-0.25, -0.2) is 9.97 Å². The molecule has 6 nitrogen and oxygen atoms in total. The van der Waals surface area contributed by atoms with Crippen molar-refractivity contribution in [1.29, 1.82) is 0 Å². The highest BCUT2D eigenvalue weighted by molar-refractivity contribution is 5.97. The number of carbonyl (C=O) groups is 1. The molecular weight excluding hydrogens is 366 g/mol. The van der Waals surface area contributed by atoms with Gasteiger partial charge < -0.3 is 14.2 Å². The smallest absolute Gasteiger partial charge is 0.251 e. The zero-order valence-corrected chi connectivity index (χ0v) is 15.5. The number of para-hydroxylation sites is 2. The van der Waals surface area contributed by atoms with Crippen LogP contribution in [0.1, 0.15) is 27.7 Å². The minimum Gasteiger partial charge on any atom is -0.440 e. The fraction of sp³-hybridized carbons (Fsp3) is 0.0870. The van der Waals surface area contributed by atoms with E-state index >= 15 is 0 Å². The van der Waals surface area contributed by atoms with Gasteiger partial charge in [-0.3, -0.25) is 4.79 Å². The summed E-state index contributed by atoms with van der Waals surface area (Å²) in [6.45, 7) is 0.212. The Bertz CT molecular complexity index is 1270. The highest BCUT2D eigenvalue weighted by Gasteiger charge is 2.12. The monoisotopic (exact) mass is 383 g/mol. The largest absolute Gasteiger partial charge is 0.440 e. The molecule has 0 bridgehead atoms. The van der Waals surface area contributed by atoms with Crippen molar-refractivity contribution >= 4 is 28.1 Å². The zero-order valence-electron chi connectivity index (χ0n) is 15.5. The lowest BCUT2D eigenvalue weighted by molar-refractivity contribution is 0.0947. The molecule has 0 saturated heterocycles. The molecule has 1 N–H and O–H groups in total. The van der Waals surface area contributed by atoms with Crippen LogP contribution in [0.3, 0.4) is 0 Å². The Morgan fingerprint density at radius 3 is 2.38 bits per heavy atom. The Kier molecular flexibility index (Phi) is 4.29. The molecule has 0 atom stereocenters. The molecule has 0 aliphatic rings. The quantitative estimate of drug-likeness (QED) is 0.484. The first-order chi connectivity index (χ1) is 14.2. The highest BCUT2D eigenvalue weighted by atomic mass is 16.4. The summed E-state index contributed by atoms with van der Waals surface area (Å²) >= 11 is 0. The maximum absolute atomic E-state index is 12.5. The van der Waals surface area contributed by atoms with Crippen molar-refractivity contribution < 1.29 is 13.6 Å². The van der Waals surface area contributed by atoms with E-state index in [2.05, 4.69) is 15.3 Å². The average Bonchev–Trinajstić information content (AvgIpc) is 3.35. The van der Waals surface area contributed by atoms with Crippen LogP contribution in [-0.2, 0) is 13.0 Å². The molecule has 0 fully saturated rings. The van der Waals surface area contributed by atoms with Gasteiger partial charge in [0.05, 0.1) is 6.54 Å². The highest BCUT2D eigenvalue weighted by Crippen LogP contribution is 2.20. The molecule has 2 aromatic heterocycles. The number of benzene rings is 3. The number of hydrogen-bond acceptors (Lipinski definition) is 5. The van der Waals surface area contributed by atoms with Gasteiger partial charge in [0.15, 0.2) is 17.1 Å². The van der Waals surface area contributed by atoms with Crippen molar-refractivity contribution in [1.82, 2.24) is 15.3 Å². The van der Waals surface area contributed by atoms with E-state index in [1.54, 1.807) is 18.2 Å². The molecule has 142 valence electrons. The number of fused-ring (bicyclic) bond motifs is 2. The van der Waals surface area contributed by atoms with Gasteiger partial charge in [0.2, 0.25) is 5.89 Å². The summed E-state index contributed by atoms with van der Waals surface area (Å²) in [5.74, 6) is 0.865. The Labute approximate surface area is 166 Å². The van der Waals surface area contributed by atoms with Crippen LogP contribution < -0.4 is 5.32 Å². The molecule has 2 heterocycles. The summed E-state index contributed by atoms with van der Waals surface area (Å²) in [4.78, 5) is 21.4. The molecule has 0 saturated carbocycles. The standard InChI is InChI=1S/C23H17N3O3/c27-23(24-14-22-25-17-8-4-5-9-19(17)29-22)16-10-11-20-18(13-16)26-21(28-20)12-15-6-2-1-3-7-15/h1-11,13H,12,14H2,(H,24,27). The first-order valence-electron chi connectivity index (χ1n) is 9.31. The van der Waals surface area contributed by atoms with Gasteiger partial charge in [-0.1, -0.05) is 42.5 Å². The molecule has 0 aliphatic carbocycles. The van der Waals surface area contributed by atoms with Crippen molar-refractivity contribution in [2.75, 3.05) is 0 Å². The van der Waals surface area contributed by atoms with Gasteiger partial charge in [0, 0.05) is 12.0 Å². The first kappa shape index (κ1) is 17.2. The van der Waals surface area contributed by atoms with Crippen LogP contribution in [-0.4, -0.2) is 15.9 Å². The maximum Gasteiger partial charge on any atom is 0.251 e. The summed E-state index contributed by atoms with van der Waals surface area (Å²) in [6.07, 6.45) is 0.606. The molecule has 0 aliphatic heterocycles. The number of amides is 1. The van der Waals surface area contributed by atoms with Gasteiger partial charge in [-0.05, 0) is 35.9 Å². The minimum atomic E-state index is -0.221. The fourth-order valence-corrected chi connectivity index (χ4v) is 3.22. The number of nitrogens with zero attached hydrogens (tertiary/aromatic N) is 2. The summed E-state index contributed by atoms with van der Waals surface area (Å²) in [5, 5.41) is 2.83. The molecule has 5 rings (SSSR count). The minimum absolute atomic E-state index is 0.212. The maximum atomic E-state index is 12.5. The van der Waals surface area contributed by atoms with Crippen molar-refractivity contribution in [3.05, 3.63) is 95.7 Å². The van der Waals surface area contributed by atoms with Crippen LogP contribution in [0, 0.1) is 0 Å². The van der Waals surface area contributed by atoms with Gasteiger partial charge in [-0.15, -0.1) is 0 Å². The summed E-state index contributed by atoms with van der Waals surface area (Å²) in [7, 11) is 0. The lowest BCUT2D eigenvalue weighted by Gasteiger charge is -2.02. The first-order valence-corrected chi connectivity index (χ1v) is 9.31. The van der Waals surface area contributed by atoms with Crippen molar-refractivity contribution in [3.63, 3.8) is 0 Å². The number of carbonyl (C=O) groups excluding carboxylic acids is 1. The zero-order chi connectivity index (χ0) is 19.6. The van der Waals surface area contributed by atoms with Gasteiger partial charge in [-0.2, -0.15) is 0 Å². The SMILES string of the molecule is O=C(NCc1nc2ccccc2o1)c1ccc2oc(Cc3ccccc3)nc2c1. The van der Waals surface area contributed by atoms with Gasteiger partial charge >= 0.3 is 0 Å². The molecule has 0 spiro atoms. The Hall–Kier alpha value is -3.93. The number of hydrogen-bond donors (Lipinski definition) is 1. The van der Waals surface area contributed by atoms with Crippen molar-refractivity contribution in [2.45, 2.75) is 13.0 Å². The third kappa shape index (κ3) is 3.60. The van der Waals surface area contributed by atoms with E-state index in [4.69, 9.17) is 8.83 Å². The molecule has 3 aromatic carbocycles. The second kappa shape index (κ2) is 7.24. The molecule has 1 amide bonds. The van der Waals surface area contributed by atoms with Crippen LogP contribution >= 0.6 is 0 Å². The second-order valence-electron chi connectivity index (χ2n) is 6.71. The van der Waals surface area contributed by atoms with E-state index < -0.39 is 0 Å². The number of rotatable bonds is 5. The fourth-order valence-electron chi connectivity index (χ4n) is 3.22. The van der Waals surface area contributed by atoms with Crippen LogP contribution in [0.5, 0.6) is 0 Å². The summed E-state index contributed by atoms with van der Waals surface area (Å²) < 4.78 is 11.4. The Morgan fingerprint density at radius 2 is 1.52 bits per heavy atom. The third-order valence-corrected chi connectivity index (χ3v) is 4.63. The number of nitrogens with one attached hydrogen (secondary N) is 1. The van der Waals surface area contributed by atoms with Crippen LogP contribution in [0.4, 0.5) is 0 Å². The van der Waals surface area contributed by atoms with Gasteiger partial charge in [0.1, 0.15) is 11.0 Å². The average molecular weight is 383 g/mol. The van der Waals surface area contributed by atoms with E-state index in [9.17, 15) is 4.79 Å². The predicted molar refractivity (Wildman–Crippen MR) is 108 cm³/mol. The second-order valence-corrected chi connectivity index (χ2v) is 6.71. The van der Waals surface area contributed by atoms with E-state index in [-0.39, 0.29) is 12.5 Å². The number of aromatic nitrogens is 2. The van der Waals surface area contributed by atoms with E-state index in [1.807, 2.05) is 54.6 Å². The van der Waals surface area contributed by atoms with E-state index in [0.717, 1.165) is 11.1 Å². The van der Waals surface area contributed by atoms with Crippen LogP contribution in [0.15, 0.2) is 81.6 Å². The lowest BCUT2D eigenvalue weighted by Crippen LogP contribution is -2.22. The van der Waals surface area contributed by atoms with Crippen LogP contribution in [0.25, 0.3) is 22.2 Å². The molecule has 29 heavy (non-hydrogen) atoms. The summed E-state index contributed by atoms with van der Waals surface area (Å²) in [6, 6.07) is 22.7. The Balaban J connectivity index is 1.30. The molecule has 6 heteroatoms. The third-order valence-electron chi connectivity index (χ3n) is 4.63. The predicted octanol–water partition coefficient (Wildman–Crippen LogP) is 4.49. The molecule has 0 unspecified atom stereocenters. The Morgan fingerprint density at radius 1 is 0.793 bits per heavy atom. The molecule has 0 radical (unpaired) electrons. The molecular formula is C23H17N3O3. The van der Waals surface area contributed by atoms with Crippen molar-refractivity contribution in [2.24, 2.45) is 0 Å². The summed E-state index contributed by atoms with van der Waals surface area (Å²) in [5.41, 5.74) is 4.42. The van der Waals surface area contributed by atoms with Gasteiger partial charge in [0.25, 0.3) is 5.91 Å². The van der Waals surface area contributed by atoms with E-state index in [0.29, 0.717) is 40.4 Å². The topological polar surface area (TPSA) is 81.2 Å². The number of oxazole rings is 2. The van der Waals surface area contributed by atoms with Crippen molar-refractivity contribution in [3.8, 4) is 0 Å². The lowest BCUT2D eigenvalue weighted by atomic mass is 10.1. The van der Waals surface area contributed by atoms with Crippen LogP contribution in [0.2, 0.25) is 0 Å². The molecule has 5 aromatic rings. The van der Waals surface area contributed by atoms with E-state index in [1.165, 1.54) is 0 Å².